The Kier molecular flexibility index (Phi) is 3.26. The Morgan fingerprint density at radius 3 is 2.65 bits per heavy atom. The zero-order valence-electron chi connectivity index (χ0n) is 10.2. The van der Waals surface area contributed by atoms with Crippen molar-refractivity contribution in [3.05, 3.63) is 53.6 Å². The van der Waals surface area contributed by atoms with Crippen LogP contribution >= 0.6 is 11.6 Å². The third-order valence-corrected chi connectivity index (χ3v) is 2.87. The van der Waals surface area contributed by atoms with Crippen LogP contribution in [0.15, 0.2) is 53.1 Å². The van der Waals surface area contributed by atoms with E-state index in [-0.39, 0.29) is 5.75 Å². The maximum absolute atomic E-state index is 9.38. The summed E-state index contributed by atoms with van der Waals surface area (Å²) in [4.78, 5) is 4.22. The quantitative estimate of drug-likeness (QED) is 0.766. The summed E-state index contributed by atoms with van der Waals surface area (Å²) in [6.07, 6.45) is 0. The topological polar surface area (TPSA) is 71.2 Å². The summed E-state index contributed by atoms with van der Waals surface area (Å²) in [7, 11) is 0. The largest absolute Gasteiger partial charge is 0.508 e. The SMILES string of the molecule is Oc1cccc(Nc2noc(-c3ccc(Cl)cc3)n2)c1. The number of nitrogens with zero attached hydrogens (tertiary/aromatic N) is 2. The average Bonchev–Trinajstić information content (AvgIpc) is 2.88. The molecule has 1 aromatic heterocycles. The summed E-state index contributed by atoms with van der Waals surface area (Å²) >= 11 is 5.82. The van der Waals surface area contributed by atoms with Gasteiger partial charge in [0.15, 0.2) is 0 Å². The molecular weight excluding hydrogens is 278 g/mol. The molecule has 2 aromatic carbocycles. The van der Waals surface area contributed by atoms with E-state index >= 15 is 0 Å². The number of benzene rings is 2. The highest BCUT2D eigenvalue weighted by Crippen LogP contribution is 2.23. The fourth-order valence-corrected chi connectivity index (χ4v) is 1.82. The van der Waals surface area contributed by atoms with Gasteiger partial charge in [0.2, 0.25) is 0 Å². The first-order valence-corrected chi connectivity index (χ1v) is 6.24. The number of rotatable bonds is 3. The molecule has 0 aliphatic carbocycles. The molecule has 0 bridgehead atoms. The molecule has 0 fully saturated rings. The number of hydrogen-bond donors (Lipinski definition) is 2. The van der Waals surface area contributed by atoms with Crippen LogP contribution in [0.25, 0.3) is 11.5 Å². The van der Waals surface area contributed by atoms with E-state index in [1.165, 1.54) is 0 Å². The smallest absolute Gasteiger partial charge is 0.268 e. The lowest BCUT2D eigenvalue weighted by Gasteiger charge is -2.00. The van der Waals surface area contributed by atoms with Crippen molar-refractivity contribution in [1.82, 2.24) is 10.1 Å². The first-order chi connectivity index (χ1) is 9.70. The molecule has 0 unspecified atom stereocenters. The van der Waals surface area contributed by atoms with E-state index in [9.17, 15) is 5.11 Å². The molecule has 3 rings (SSSR count). The molecule has 0 aliphatic rings. The van der Waals surface area contributed by atoms with Crippen molar-refractivity contribution in [3.63, 3.8) is 0 Å². The minimum Gasteiger partial charge on any atom is -0.508 e. The molecule has 0 spiro atoms. The van der Waals surface area contributed by atoms with Gasteiger partial charge in [-0.25, -0.2) is 0 Å². The molecule has 0 radical (unpaired) electrons. The zero-order chi connectivity index (χ0) is 13.9. The van der Waals surface area contributed by atoms with Crippen molar-refractivity contribution in [2.75, 3.05) is 5.32 Å². The van der Waals surface area contributed by atoms with Gasteiger partial charge in [-0.1, -0.05) is 17.7 Å². The summed E-state index contributed by atoms with van der Waals surface area (Å²) in [5.41, 5.74) is 1.46. The predicted octanol–water partition coefficient (Wildman–Crippen LogP) is 3.84. The molecule has 2 N–H and O–H groups in total. The molecule has 5 nitrogen and oxygen atoms in total. The van der Waals surface area contributed by atoms with E-state index in [1.807, 2.05) is 0 Å². The Balaban J connectivity index is 1.82. The van der Waals surface area contributed by atoms with E-state index < -0.39 is 0 Å². The van der Waals surface area contributed by atoms with Crippen LogP contribution in [-0.2, 0) is 0 Å². The maximum atomic E-state index is 9.38. The van der Waals surface area contributed by atoms with Gasteiger partial charge in [0, 0.05) is 22.3 Å². The van der Waals surface area contributed by atoms with Crippen molar-refractivity contribution in [3.8, 4) is 17.2 Å². The van der Waals surface area contributed by atoms with Gasteiger partial charge in [-0.3, -0.25) is 0 Å². The number of aromatic hydroxyl groups is 1. The summed E-state index contributed by atoms with van der Waals surface area (Å²) in [6, 6.07) is 13.8. The summed E-state index contributed by atoms with van der Waals surface area (Å²) < 4.78 is 5.16. The van der Waals surface area contributed by atoms with E-state index in [0.717, 1.165) is 5.56 Å². The highest BCUT2D eigenvalue weighted by atomic mass is 35.5. The van der Waals surface area contributed by atoms with Crippen LogP contribution in [0.3, 0.4) is 0 Å². The molecule has 20 heavy (non-hydrogen) atoms. The van der Waals surface area contributed by atoms with Gasteiger partial charge in [-0.2, -0.15) is 4.98 Å². The van der Waals surface area contributed by atoms with Gasteiger partial charge in [-0.15, -0.1) is 0 Å². The van der Waals surface area contributed by atoms with E-state index in [2.05, 4.69) is 15.5 Å². The number of phenolic OH excluding ortho intramolecular Hbond substituents is 1. The third-order valence-electron chi connectivity index (χ3n) is 2.62. The highest BCUT2D eigenvalue weighted by Gasteiger charge is 2.08. The molecule has 0 saturated heterocycles. The average molecular weight is 288 g/mol. The van der Waals surface area contributed by atoms with Crippen LogP contribution in [0.4, 0.5) is 11.6 Å². The molecular formula is C14H10ClN3O2. The lowest BCUT2D eigenvalue weighted by Crippen LogP contribution is -1.91. The zero-order valence-corrected chi connectivity index (χ0v) is 11.0. The number of phenols is 1. The Morgan fingerprint density at radius 1 is 1.10 bits per heavy atom. The minimum atomic E-state index is 0.163. The fourth-order valence-electron chi connectivity index (χ4n) is 1.70. The van der Waals surface area contributed by atoms with E-state index in [4.69, 9.17) is 16.1 Å². The van der Waals surface area contributed by atoms with Crippen LogP contribution in [-0.4, -0.2) is 15.2 Å². The molecule has 0 saturated carbocycles. The monoisotopic (exact) mass is 287 g/mol. The second kappa shape index (κ2) is 5.22. The summed E-state index contributed by atoms with van der Waals surface area (Å²) in [5.74, 6) is 0.876. The second-order valence-electron chi connectivity index (χ2n) is 4.11. The molecule has 1 heterocycles. The van der Waals surface area contributed by atoms with Crippen LogP contribution in [0.5, 0.6) is 5.75 Å². The summed E-state index contributed by atoms with van der Waals surface area (Å²) in [5, 5.41) is 16.8. The Bertz CT molecular complexity index is 725. The van der Waals surface area contributed by atoms with Gasteiger partial charge in [0.05, 0.1) is 0 Å². The first-order valence-electron chi connectivity index (χ1n) is 5.86. The highest BCUT2D eigenvalue weighted by molar-refractivity contribution is 6.30. The minimum absolute atomic E-state index is 0.163. The molecule has 3 aromatic rings. The molecule has 0 aliphatic heterocycles. The van der Waals surface area contributed by atoms with Gasteiger partial charge < -0.3 is 14.9 Å². The van der Waals surface area contributed by atoms with Gasteiger partial charge >= 0.3 is 0 Å². The number of anilines is 2. The lowest BCUT2D eigenvalue weighted by atomic mass is 10.2. The standard InChI is InChI=1S/C14H10ClN3O2/c15-10-6-4-9(5-7-10)13-17-14(18-20-13)16-11-2-1-3-12(19)8-11/h1-8,19H,(H,16,18). The van der Waals surface area contributed by atoms with Gasteiger partial charge in [0.25, 0.3) is 11.8 Å². The van der Waals surface area contributed by atoms with Crippen molar-refractivity contribution < 1.29 is 9.63 Å². The first kappa shape index (κ1) is 12.5. The van der Waals surface area contributed by atoms with Crippen LogP contribution in [0.2, 0.25) is 5.02 Å². The number of aromatic nitrogens is 2. The van der Waals surface area contributed by atoms with Crippen LogP contribution < -0.4 is 5.32 Å². The Labute approximate surface area is 119 Å². The Hall–Kier alpha value is -2.53. The van der Waals surface area contributed by atoms with Crippen LogP contribution in [0, 0.1) is 0 Å². The molecule has 0 amide bonds. The third kappa shape index (κ3) is 2.73. The number of halogens is 1. The lowest BCUT2D eigenvalue weighted by molar-refractivity contribution is 0.433. The van der Waals surface area contributed by atoms with Crippen molar-refractivity contribution in [2.45, 2.75) is 0 Å². The molecule has 0 atom stereocenters. The Morgan fingerprint density at radius 2 is 1.90 bits per heavy atom. The fraction of sp³-hybridized carbons (Fsp3) is 0. The predicted molar refractivity (Wildman–Crippen MR) is 76.1 cm³/mol. The van der Waals surface area contributed by atoms with Gasteiger partial charge in [0.1, 0.15) is 5.75 Å². The second-order valence-corrected chi connectivity index (χ2v) is 4.54. The van der Waals surface area contributed by atoms with E-state index in [1.54, 1.807) is 48.5 Å². The van der Waals surface area contributed by atoms with Crippen LogP contribution in [0.1, 0.15) is 0 Å². The van der Waals surface area contributed by atoms with E-state index in [0.29, 0.717) is 22.5 Å². The van der Waals surface area contributed by atoms with Crippen molar-refractivity contribution in [1.29, 1.82) is 0 Å². The molecule has 100 valence electrons. The van der Waals surface area contributed by atoms with Crippen molar-refractivity contribution >= 4 is 23.2 Å². The number of nitrogens with one attached hydrogen (secondary N) is 1. The number of hydrogen-bond acceptors (Lipinski definition) is 5. The van der Waals surface area contributed by atoms with Crippen molar-refractivity contribution in [2.24, 2.45) is 0 Å². The van der Waals surface area contributed by atoms with Gasteiger partial charge in [-0.05, 0) is 41.6 Å². The normalized spacial score (nSPS) is 10.4. The maximum Gasteiger partial charge on any atom is 0.268 e. The summed E-state index contributed by atoms with van der Waals surface area (Å²) in [6.45, 7) is 0. The molecule has 6 heteroatoms.